The fraction of sp³-hybridized carbons (Fsp3) is 0.353. The number of nitrogens with zero attached hydrogens (tertiary/aromatic N) is 3. The van der Waals surface area contributed by atoms with E-state index in [-0.39, 0.29) is 5.91 Å². The van der Waals surface area contributed by atoms with Crippen LogP contribution in [0.2, 0.25) is 0 Å². The lowest BCUT2D eigenvalue weighted by molar-refractivity contribution is 0.0955. The van der Waals surface area contributed by atoms with Crippen LogP contribution in [0.1, 0.15) is 16.1 Å². The van der Waals surface area contributed by atoms with Crippen LogP contribution in [0.4, 0.5) is 11.8 Å². The number of amides is 1. The van der Waals surface area contributed by atoms with Gasteiger partial charge >= 0.3 is 0 Å². The van der Waals surface area contributed by atoms with Gasteiger partial charge in [-0.25, -0.2) is 4.98 Å². The SMILES string of the molecule is COc1cccc(C(=O)NCCNc2nc(C)cc(N(C)C)n2)c1. The van der Waals surface area contributed by atoms with Crippen molar-refractivity contribution in [2.45, 2.75) is 6.92 Å². The maximum absolute atomic E-state index is 12.1. The number of carbonyl (C=O) groups excluding carboxylic acids is 1. The first-order valence-electron chi connectivity index (χ1n) is 7.68. The molecule has 2 N–H and O–H groups in total. The summed E-state index contributed by atoms with van der Waals surface area (Å²) in [5.74, 6) is 1.90. The van der Waals surface area contributed by atoms with E-state index in [0.29, 0.717) is 30.4 Å². The van der Waals surface area contributed by atoms with Gasteiger partial charge in [0.05, 0.1) is 7.11 Å². The van der Waals surface area contributed by atoms with E-state index in [1.54, 1.807) is 31.4 Å². The van der Waals surface area contributed by atoms with Crippen LogP contribution in [0, 0.1) is 6.92 Å². The number of nitrogens with one attached hydrogen (secondary N) is 2. The Morgan fingerprint density at radius 3 is 2.71 bits per heavy atom. The maximum Gasteiger partial charge on any atom is 0.251 e. The van der Waals surface area contributed by atoms with Gasteiger partial charge in [0.1, 0.15) is 11.6 Å². The van der Waals surface area contributed by atoms with Gasteiger partial charge in [-0.05, 0) is 25.1 Å². The van der Waals surface area contributed by atoms with Crippen LogP contribution in [0.5, 0.6) is 5.75 Å². The molecule has 0 bridgehead atoms. The molecule has 1 aromatic heterocycles. The highest BCUT2D eigenvalue weighted by atomic mass is 16.5. The monoisotopic (exact) mass is 329 g/mol. The molecular formula is C17H23N5O2. The minimum atomic E-state index is -0.144. The van der Waals surface area contributed by atoms with Gasteiger partial charge in [-0.3, -0.25) is 4.79 Å². The third-order valence-electron chi connectivity index (χ3n) is 3.32. The van der Waals surface area contributed by atoms with Crippen molar-refractivity contribution in [2.24, 2.45) is 0 Å². The molecule has 1 amide bonds. The summed E-state index contributed by atoms with van der Waals surface area (Å²) in [6.45, 7) is 2.92. The molecule has 1 heterocycles. The van der Waals surface area contributed by atoms with Crippen LogP contribution in [0.3, 0.4) is 0 Å². The topological polar surface area (TPSA) is 79.4 Å². The molecule has 24 heavy (non-hydrogen) atoms. The van der Waals surface area contributed by atoms with Crippen molar-refractivity contribution < 1.29 is 9.53 Å². The zero-order chi connectivity index (χ0) is 17.5. The first-order valence-corrected chi connectivity index (χ1v) is 7.68. The zero-order valence-corrected chi connectivity index (χ0v) is 14.5. The number of aryl methyl sites for hydroxylation is 1. The Morgan fingerprint density at radius 1 is 1.21 bits per heavy atom. The second-order valence-electron chi connectivity index (χ2n) is 5.50. The largest absolute Gasteiger partial charge is 0.497 e. The molecule has 7 nitrogen and oxygen atoms in total. The van der Waals surface area contributed by atoms with E-state index in [1.165, 1.54) is 0 Å². The molecule has 0 aliphatic rings. The molecule has 1 aromatic carbocycles. The summed E-state index contributed by atoms with van der Waals surface area (Å²) in [5, 5.41) is 5.97. The Labute approximate surface area is 142 Å². The molecule has 0 unspecified atom stereocenters. The third-order valence-corrected chi connectivity index (χ3v) is 3.32. The van der Waals surface area contributed by atoms with Gasteiger partial charge in [0, 0.05) is 44.5 Å². The number of aromatic nitrogens is 2. The average molecular weight is 329 g/mol. The highest BCUT2D eigenvalue weighted by Gasteiger charge is 2.07. The quantitative estimate of drug-likeness (QED) is 0.753. The van der Waals surface area contributed by atoms with Gasteiger partial charge in [-0.1, -0.05) is 6.07 Å². The Morgan fingerprint density at radius 2 is 2.00 bits per heavy atom. The maximum atomic E-state index is 12.1. The van der Waals surface area contributed by atoms with Gasteiger partial charge in [0.2, 0.25) is 5.95 Å². The Balaban J connectivity index is 1.85. The smallest absolute Gasteiger partial charge is 0.251 e. The first kappa shape index (κ1) is 17.5. The summed E-state index contributed by atoms with van der Waals surface area (Å²) in [5.41, 5.74) is 1.45. The highest BCUT2D eigenvalue weighted by Crippen LogP contribution is 2.13. The van der Waals surface area contributed by atoms with Crippen LogP contribution < -0.4 is 20.3 Å². The lowest BCUT2D eigenvalue weighted by atomic mass is 10.2. The number of methoxy groups -OCH3 is 1. The van der Waals surface area contributed by atoms with Crippen molar-refractivity contribution in [1.29, 1.82) is 0 Å². The Hall–Kier alpha value is -2.83. The number of hydrogen-bond donors (Lipinski definition) is 2. The van der Waals surface area contributed by atoms with E-state index in [2.05, 4.69) is 20.6 Å². The lowest BCUT2D eigenvalue weighted by Gasteiger charge is -2.14. The zero-order valence-electron chi connectivity index (χ0n) is 14.5. The van der Waals surface area contributed by atoms with Crippen LogP contribution >= 0.6 is 0 Å². The second-order valence-corrected chi connectivity index (χ2v) is 5.50. The van der Waals surface area contributed by atoms with Crippen molar-refractivity contribution in [3.8, 4) is 5.75 Å². The molecule has 128 valence electrons. The Bertz CT molecular complexity index is 703. The van der Waals surface area contributed by atoms with Crippen molar-refractivity contribution in [1.82, 2.24) is 15.3 Å². The molecule has 2 aromatic rings. The van der Waals surface area contributed by atoms with Crippen LogP contribution in [0.25, 0.3) is 0 Å². The van der Waals surface area contributed by atoms with E-state index in [1.807, 2.05) is 32.0 Å². The standard InChI is InChI=1S/C17H23N5O2/c1-12-10-15(22(2)3)21-17(20-12)19-9-8-18-16(23)13-6-5-7-14(11-13)24-4/h5-7,10-11H,8-9H2,1-4H3,(H,18,23)(H,19,20,21). The molecular weight excluding hydrogens is 306 g/mol. The molecule has 0 fully saturated rings. The van der Waals surface area contributed by atoms with Gasteiger partial charge in [-0.2, -0.15) is 4.98 Å². The minimum Gasteiger partial charge on any atom is -0.497 e. The second kappa shape index (κ2) is 8.14. The van der Waals surface area contributed by atoms with E-state index in [0.717, 1.165) is 11.5 Å². The van der Waals surface area contributed by atoms with E-state index < -0.39 is 0 Å². The number of benzene rings is 1. The summed E-state index contributed by atoms with van der Waals surface area (Å²) in [4.78, 5) is 22.8. The normalized spacial score (nSPS) is 10.2. The molecule has 0 saturated carbocycles. The number of anilines is 2. The van der Waals surface area contributed by atoms with E-state index in [9.17, 15) is 4.79 Å². The van der Waals surface area contributed by atoms with Crippen molar-refractivity contribution in [3.63, 3.8) is 0 Å². The van der Waals surface area contributed by atoms with Gasteiger partial charge in [0.25, 0.3) is 5.91 Å². The summed E-state index contributed by atoms with van der Waals surface area (Å²) in [6.07, 6.45) is 0. The molecule has 0 spiro atoms. The number of carbonyl (C=O) groups is 1. The van der Waals surface area contributed by atoms with Crippen molar-refractivity contribution >= 4 is 17.7 Å². The summed E-state index contributed by atoms with van der Waals surface area (Å²) >= 11 is 0. The molecule has 0 aliphatic carbocycles. The van der Waals surface area contributed by atoms with Crippen molar-refractivity contribution in [2.75, 3.05) is 44.5 Å². The molecule has 0 aliphatic heterocycles. The molecule has 7 heteroatoms. The molecule has 0 radical (unpaired) electrons. The lowest BCUT2D eigenvalue weighted by Crippen LogP contribution is -2.29. The van der Waals surface area contributed by atoms with Crippen molar-refractivity contribution in [3.05, 3.63) is 41.6 Å². The number of rotatable bonds is 7. The summed E-state index contributed by atoms with van der Waals surface area (Å²) < 4.78 is 5.12. The minimum absolute atomic E-state index is 0.144. The Kier molecular flexibility index (Phi) is 5.95. The summed E-state index contributed by atoms with van der Waals surface area (Å²) in [6, 6.07) is 8.95. The fourth-order valence-corrected chi connectivity index (χ4v) is 2.08. The predicted octanol–water partition coefficient (Wildman–Crippen LogP) is 1.70. The summed E-state index contributed by atoms with van der Waals surface area (Å²) in [7, 11) is 5.44. The number of ether oxygens (including phenoxy) is 1. The number of hydrogen-bond acceptors (Lipinski definition) is 6. The van der Waals surface area contributed by atoms with E-state index in [4.69, 9.17) is 4.74 Å². The fourth-order valence-electron chi connectivity index (χ4n) is 2.08. The van der Waals surface area contributed by atoms with Crippen LogP contribution in [-0.2, 0) is 0 Å². The average Bonchev–Trinajstić information content (AvgIpc) is 2.58. The van der Waals surface area contributed by atoms with Crippen LogP contribution in [0.15, 0.2) is 30.3 Å². The van der Waals surface area contributed by atoms with Gasteiger partial charge in [-0.15, -0.1) is 0 Å². The highest BCUT2D eigenvalue weighted by molar-refractivity contribution is 5.94. The van der Waals surface area contributed by atoms with Gasteiger partial charge in [0.15, 0.2) is 0 Å². The molecule has 0 saturated heterocycles. The molecule has 2 rings (SSSR count). The molecule has 0 atom stereocenters. The van der Waals surface area contributed by atoms with Crippen LogP contribution in [-0.4, -0.2) is 50.2 Å². The van der Waals surface area contributed by atoms with Gasteiger partial charge < -0.3 is 20.3 Å². The predicted molar refractivity (Wildman–Crippen MR) is 94.9 cm³/mol. The first-order chi connectivity index (χ1) is 11.5. The third kappa shape index (κ3) is 4.84. The van der Waals surface area contributed by atoms with E-state index >= 15 is 0 Å².